The molecule has 5 heterocycles. The molecule has 0 bridgehead atoms. The maximum absolute atomic E-state index is 5.25. The summed E-state index contributed by atoms with van der Waals surface area (Å²) in [6.45, 7) is 13.9. The summed E-state index contributed by atoms with van der Waals surface area (Å²) in [4.78, 5) is 15.8. The van der Waals surface area contributed by atoms with Gasteiger partial charge in [-0.3, -0.25) is 9.97 Å². The van der Waals surface area contributed by atoms with E-state index in [4.69, 9.17) is 9.97 Å². The predicted molar refractivity (Wildman–Crippen MR) is 486 cm³/mol. The van der Waals surface area contributed by atoms with Crippen molar-refractivity contribution in [2.24, 2.45) is 0 Å². The molecule has 20 rings (SSSR count). The number of pyridine rings is 2. The number of rotatable bonds is 15. The summed E-state index contributed by atoms with van der Waals surface area (Å²) in [5.74, 6) is 0. The van der Waals surface area contributed by atoms with Crippen molar-refractivity contribution in [3.63, 3.8) is 0 Å². The van der Waals surface area contributed by atoms with Gasteiger partial charge in [0.25, 0.3) is 6.71 Å². The normalized spacial score (nSPS) is 12.7. The topological polar surface area (TPSA) is 37.2 Å². The molecule has 0 saturated heterocycles. The van der Waals surface area contributed by atoms with Crippen LogP contribution in [0, 0.1) is 0 Å². The fourth-order valence-corrected chi connectivity index (χ4v) is 19.1. The lowest BCUT2D eigenvalue weighted by molar-refractivity contribution is 0.590. The van der Waals surface area contributed by atoms with Crippen LogP contribution in [0.3, 0.4) is 0 Å². The smallest absolute Gasteiger partial charge is 0.252 e. The summed E-state index contributed by atoms with van der Waals surface area (Å²) in [5, 5.41) is 2.23. The van der Waals surface area contributed by atoms with Crippen LogP contribution < -0.4 is 26.2 Å². The number of benzene rings is 15. The first kappa shape index (κ1) is 71.1. The highest BCUT2D eigenvalue weighted by Crippen LogP contribution is 2.56. The number of aromatic nitrogens is 3. The molecule has 0 atom stereocenters. The van der Waals surface area contributed by atoms with E-state index < -0.39 is 10.8 Å². The van der Waals surface area contributed by atoms with Gasteiger partial charge in [-0.05, 0) is 154 Å². The van der Waals surface area contributed by atoms with E-state index in [0.29, 0.717) is 0 Å². The predicted octanol–water partition coefficient (Wildman–Crippen LogP) is 25.7. The molecule has 116 heavy (non-hydrogen) atoms. The van der Waals surface area contributed by atoms with Crippen LogP contribution >= 0.6 is 0 Å². The summed E-state index contributed by atoms with van der Waals surface area (Å²) < 4.78 is 2.60. The Hall–Kier alpha value is -13.9. The lowest BCUT2D eigenvalue weighted by Gasteiger charge is -2.46. The highest BCUT2D eigenvalue weighted by atomic mass is 15.2. The van der Waals surface area contributed by atoms with Gasteiger partial charge in [0, 0.05) is 80.6 Å². The van der Waals surface area contributed by atoms with Gasteiger partial charge in [0.2, 0.25) is 0 Å². The first-order valence-electron chi connectivity index (χ1n) is 40.5. The molecule has 2 aliphatic rings. The average Bonchev–Trinajstić information content (AvgIpc) is 1.03. The van der Waals surface area contributed by atoms with Gasteiger partial charge < -0.3 is 14.4 Å². The van der Waals surface area contributed by atoms with Crippen molar-refractivity contribution < 1.29 is 0 Å². The Labute approximate surface area is 680 Å². The van der Waals surface area contributed by atoms with Crippen LogP contribution in [0.2, 0.25) is 0 Å². The number of hydrogen-bond acceptors (Lipinski definition) is 4. The summed E-state index contributed by atoms with van der Waals surface area (Å²) in [5.41, 5.74) is 31.4. The van der Waals surface area contributed by atoms with Crippen molar-refractivity contribution in [3.8, 4) is 50.2 Å². The Balaban J connectivity index is 0.989. The first-order chi connectivity index (χ1) is 56.8. The Bertz CT molecular complexity index is 5970. The standard InChI is InChI=1S/C110H86BN5/c1-107(2,3)85-57-63-100-96(67-85)111-97-68-86(108(4,5)6)58-64-101(97)116(106-94(77-41-21-9-22-42-77)73-113-74-95(106)78-43-23-10-24-44-78)103-70-89(69-102(104(103)111)115(100)105-92(75-37-17-7-18-38-75)71-112-72-93(105)76-39-19-8-20-40-76)114-98-61-59-87(109(79-45-25-11-26-46-79,80-47-27-12-28-48-80)81-49-29-13-30-50-81)65-90(98)91-66-88(60-62-99(91)114)110(82-51-31-14-32-52-82,83-53-33-15-34-54-83)84-55-35-16-36-56-84/h7-74H,1-6H3. The van der Waals surface area contributed by atoms with E-state index in [1.807, 2.05) is 0 Å². The second kappa shape index (κ2) is 28.6. The largest absolute Gasteiger partial charge is 0.310 e. The van der Waals surface area contributed by atoms with Gasteiger partial charge in [-0.1, -0.05) is 381 Å². The SMILES string of the molecule is CC(C)(C)c1ccc2c(c1)B1c3cc(C(C)(C)C)ccc3N(c3c(-c4ccccc4)cncc3-c3ccccc3)c3cc(-n4c5ccc(C(c6ccccc6)(c6ccccc6)c6ccccc6)cc5c5cc(C(c6ccccc6)(c6ccccc6)c6ccccc6)ccc54)cc(c31)N2c1c(-c2ccccc2)cncc1-c1ccccc1. The summed E-state index contributed by atoms with van der Waals surface area (Å²) in [7, 11) is 0. The average molecular weight is 1490 g/mol. The Kier molecular flexibility index (Phi) is 17.5. The molecule has 0 aliphatic carbocycles. The molecule has 0 amide bonds. The van der Waals surface area contributed by atoms with Crippen LogP contribution in [0.1, 0.15) is 97.2 Å². The van der Waals surface area contributed by atoms with Gasteiger partial charge in [0.05, 0.1) is 38.9 Å². The van der Waals surface area contributed by atoms with Gasteiger partial charge in [0.1, 0.15) is 0 Å². The molecule has 0 fully saturated rings. The van der Waals surface area contributed by atoms with Crippen LogP contribution in [0.15, 0.2) is 413 Å². The number of anilines is 6. The number of hydrogen-bond donors (Lipinski definition) is 0. The zero-order valence-corrected chi connectivity index (χ0v) is 66.1. The van der Waals surface area contributed by atoms with E-state index >= 15 is 0 Å². The second-order valence-electron chi connectivity index (χ2n) is 33.2. The van der Waals surface area contributed by atoms with E-state index in [1.54, 1.807) is 0 Å². The van der Waals surface area contributed by atoms with Crippen molar-refractivity contribution >= 4 is 79.0 Å². The van der Waals surface area contributed by atoms with Gasteiger partial charge in [-0.2, -0.15) is 0 Å². The van der Waals surface area contributed by atoms with Crippen LogP contribution in [0.5, 0.6) is 0 Å². The van der Waals surface area contributed by atoms with Crippen LogP contribution in [-0.2, 0) is 21.7 Å². The molecule has 0 N–H and O–H groups in total. The molecule has 0 radical (unpaired) electrons. The molecule has 18 aromatic rings. The Morgan fingerprint density at radius 1 is 0.241 bits per heavy atom. The quantitative estimate of drug-likeness (QED) is 0.0757. The first-order valence-corrected chi connectivity index (χ1v) is 40.5. The zero-order valence-electron chi connectivity index (χ0n) is 66.1. The highest BCUT2D eigenvalue weighted by molar-refractivity contribution is 7.00. The number of fused-ring (bicyclic) bond motifs is 7. The van der Waals surface area contributed by atoms with Gasteiger partial charge in [0.15, 0.2) is 0 Å². The third-order valence-corrected chi connectivity index (χ3v) is 24.5. The molecule has 15 aromatic carbocycles. The molecule has 2 aliphatic heterocycles. The maximum atomic E-state index is 5.25. The molecular formula is C110H86BN5. The minimum absolute atomic E-state index is 0.209. The Morgan fingerprint density at radius 3 is 0.767 bits per heavy atom. The highest BCUT2D eigenvalue weighted by Gasteiger charge is 2.48. The molecule has 3 aromatic heterocycles. The molecule has 0 spiro atoms. The molecule has 0 saturated carbocycles. The third kappa shape index (κ3) is 11.7. The van der Waals surface area contributed by atoms with Crippen molar-refractivity contribution in [1.82, 2.24) is 14.5 Å². The third-order valence-electron chi connectivity index (χ3n) is 24.5. The second-order valence-corrected chi connectivity index (χ2v) is 33.2. The molecule has 0 unspecified atom stereocenters. The van der Waals surface area contributed by atoms with E-state index in [0.717, 1.165) is 117 Å². The van der Waals surface area contributed by atoms with Crippen molar-refractivity contribution in [2.45, 2.75) is 63.2 Å². The van der Waals surface area contributed by atoms with Crippen LogP contribution in [0.4, 0.5) is 34.1 Å². The monoisotopic (exact) mass is 1490 g/mol. The zero-order chi connectivity index (χ0) is 78.3. The Morgan fingerprint density at radius 2 is 0.500 bits per heavy atom. The molecular weight excluding hydrogens is 1400 g/mol. The van der Waals surface area contributed by atoms with Crippen molar-refractivity contribution in [1.29, 1.82) is 0 Å². The fourth-order valence-electron chi connectivity index (χ4n) is 19.1. The molecule has 6 heteroatoms. The number of nitrogens with zero attached hydrogens (tertiary/aromatic N) is 5. The summed E-state index contributed by atoms with van der Waals surface area (Å²) in [6, 6.07) is 145. The van der Waals surface area contributed by atoms with Gasteiger partial charge >= 0.3 is 0 Å². The summed E-state index contributed by atoms with van der Waals surface area (Å²) >= 11 is 0. The van der Waals surface area contributed by atoms with E-state index in [1.165, 1.54) is 60.9 Å². The minimum atomic E-state index is -0.771. The lowest BCUT2D eigenvalue weighted by atomic mass is 9.33. The van der Waals surface area contributed by atoms with Crippen molar-refractivity contribution in [2.75, 3.05) is 9.80 Å². The van der Waals surface area contributed by atoms with Crippen LogP contribution in [-0.4, -0.2) is 21.2 Å². The van der Waals surface area contributed by atoms with E-state index in [9.17, 15) is 0 Å². The van der Waals surface area contributed by atoms with E-state index in [2.05, 4.69) is 469 Å². The molecule has 554 valence electrons. The van der Waals surface area contributed by atoms with Gasteiger partial charge in [-0.25, -0.2) is 0 Å². The van der Waals surface area contributed by atoms with Gasteiger partial charge in [-0.15, -0.1) is 0 Å². The van der Waals surface area contributed by atoms with Crippen molar-refractivity contribution in [3.05, 3.63) is 469 Å². The maximum Gasteiger partial charge on any atom is 0.252 e. The van der Waals surface area contributed by atoms with E-state index in [-0.39, 0.29) is 17.5 Å². The fraction of sp³-hybridized carbons (Fsp3) is 0.0909. The minimum Gasteiger partial charge on any atom is -0.310 e. The van der Waals surface area contributed by atoms with Crippen LogP contribution in [0.25, 0.3) is 72.0 Å². The molecule has 5 nitrogen and oxygen atoms in total. The summed E-state index contributed by atoms with van der Waals surface area (Å²) in [6.07, 6.45) is 8.38. The lowest BCUT2D eigenvalue weighted by Crippen LogP contribution is -2.62.